The first kappa shape index (κ1) is 8.48. The van der Waals surface area contributed by atoms with E-state index in [-0.39, 0.29) is 0 Å². The average Bonchev–Trinajstić information content (AvgIpc) is 2.54. The fourth-order valence-corrected chi connectivity index (χ4v) is 2.14. The van der Waals surface area contributed by atoms with Crippen molar-refractivity contribution < 1.29 is 0 Å². The second kappa shape index (κ2) is 2.83. The van der Waals surface area contributed by atoms with Crippen molar-refractivity contribution in [2.24, 2.45) is 7.05 Å². The molecule has 0 N–H and O–H groups in total. The molecule has 0 aliphatic carbocycles. The van der Waals surface area contributed by atoms with E-state index in [1.807, 2.05) is 12.3 Å². The molecule has 0 spiro atoms. The molecule has 2 aromatic heterocycles. The van der Waals surface area contributed by atoms with E-state index in [4.69, 9.17) is 0 Å². The first-order chi connectivity index (χ1) is 7.27. The molecule has 0 saturated heterocycles. The lowest BCUT2D eigenvalue weighted by atomic mass is 10.1. The Morgan fingerprint density at radius 1 is 1.13 bits per heavy atom. The van der Waals surface area contributed by atoms with Crippen LogP contribution in [0.15, 0.2) is 36.5 Å². The van der Waals surface area contributed by atoms with Crippen molar-refractivity contribution in [3.63, 3.8) is 0 Å². The van der Waals surface area contributed by atoms with Gasteiger partial charge in [-0.15, -0.1) is 0 Å². The Morgan fingerprint density at radius 2 is 2.00 bits per heavy atom. The predicted octanol–water partition coefficient (Wildman–Crippen LogP) is 3.03. The molecule has 2 heterocycles. The van der Waals surface area contributed by atoms with Gasteiger partial charge in [0.25, 0.3) is 0 Å². The van der Waals surface area contributed by atoms with E-state index < -0.39 is 0 Å². The standard InChI is InChI=1S/C13H12N2/c1-9-5-6-11-10(8-9)13-12(15(11)2)4-3-7-14-13/h3-8H,1-2H3. The van der Waals surface area contributed by atoms with E-state index in [0.29, 0.717) is 0 Å². The van der Waals surface area contributed by atoms with Crippen LogP contribution >= 0.6 is 0 Å². The molecule has 0 amide bonds. The quantitative estimate of drug-likeness (QED) is 0.540. The van der Waals surface area contributed by atoms with Crippen LogP contribution in [0, 0.1) is 6.92 Å². The van der Waals surface area contributed by atoms with E-state index in [1.165, 1.54) is 22.0 Å². The smallest absolute Gasteiger partial charge is 0.0959 e. The lowest BCUT2D eigenvalue weighted by Gasteiger charge is -1.96. The second-order valence-corrected chi connectivity index (χ2v) is 3.95. The fraction of sp³-hybridized carbons (Fsp3) is 0.154. The third-order valence-electron chi connectivity index (χ3n) is 2.92. The van der Waals surface area contributed by atoms with Crippen molar-refractivity contribution in [3.8, 4) is 0 Å². The van der Waals surface area contributed by atoms with E-state index in [0.717, 1.165) is 5.52 Å². The van der Waals surface area contributed by atoms with Gasteiger partial charge >= 0.3 is 0 Å². The Kier molecular flexibility index (Phi) is 1.60. The van der Waals surface area contributed by atoms with Crippen LogP contribution in [0.5, 0.6) is 0 Å². The molecule has 0 bridgehead atoms. The number of aryl methyl sites for hydroxylation is 2. The molecule has 0 saturated carbocycles. The molecule has 3 aromatic rings. The van der Waals surface area contributed by atoms with Crippen molar-refractivity contribution in [2.75, 3.05) is 0 Å². The van der Waals surface area contributed by atoms with Gasteiger partial charge < -0.3 is 4.57 Å². The van der Waals surface area contributed by atoms with Crippen LogP contribution in [0.3, 0.4) is 0 Å². The van der Waals surface area contributed by atoms with Gasteiger partial charge in [-0.1, -0.05) is 11.6 Å². The number of hydrogen-bond acceptors (Lipinski definition) is 1. The summed E-state index contributed by atoms with van der Waals surface area (Å²) in [5.74, 6) is 0. The van der Waals surface area contributed by atoms with E-state index in [9.17, 15) is 0 Å². The third-order valence-corrected chi connectivity index (χ3v) is 2.92. The number of rotatable bonds is 0. The molecule has 15 heavy (non-hydrogen) atoms. The van der Waals surface area contributed by atoms with Gasteiger partial charge in [-0.2, -0.15) is 0 Å². The molecule has 2 heteroatoms. The van der Waals surface area contributed by atoms with Gasteiger partial charge in [-0.05, 0) is 31.2 Å². The molecule has 0 radical (unpaired) electrons. The lowest BCUT2D eigenvalue weighted by molar-refractivity contribution is 1.01. The van der Waals surface area contributed by atoms with Crippen LogP contribution < -0.4 is 0 Å². The number of hydrogen-bond donors (Lipinski definition) is 0. The highest BCUT2D eigenvalue weighted by molar-refractivity contribution is 6.05. The number of aromatic nitrogens is 2. The zero-order chi connectivity index (χ0) is 10.4. The molecule has 0 atom stereocenters. The van der Waals surface area contributed by atoms with Crippen LogP contribution in [-0.2, 0) is 7.05 Å². The molecule has 0 fully saturated rings. The molecule has 3 rings (SSSR count). The second-order valence-electron chi connectivity index (χ2n) is 3.95. The van der Waals surface area contributed by atoms with Gasteiger partial charge in [0.15, 0.2) is 0 Å². The van der Waals surface area contributed by atoms with Crippen LogP contribution in [-0.4, -0.2) is 9.55 Å². The van der Waals surface area contributed by atoms with Gasteiger partial charge in [0.2, 0.25) is 0 Å². The number of fused-ring (bicyclic) bond motifs is 3. The minimum Gasteiger partial charge on any atom is -0.342 e. The van der Waals surface area contributed by atoms with Gasteiger partial charge in [-0.25, -0.2) is 0 Å². The van der Waals surface area contributed by atoms with Crippen molar-refractivity contribution in [3.05, 3.63) is 42.1 Å². The van der Waals surface area contributed by atoms with Crippen LogP contribution in [0.4, 0.5) is 0 Å². The Labute approximate surface area is 88.2 Å². The van der Waals surface area contributed by atoms with Crippen molar-refractivity contribution in [1.82, 2.24) is 9.55 Å². The summed E-state index contributed by atoms with van der Waals surface area (Å²) in [6, 6.07) is 10.6. The largest absolute Gasteiger partial charge is 0.342 e. The Bertz CT molecular complexity index is 650. The summed E-state index contributed by atoms with van der Waals surface area (Å²) in [5, 5.41) is 1.24. The third kappa shape index (κ3) is 1.08. The average molecular weight is 196 g/mol. The summed E-state index contributed by atoms with van der Waals surface area (Å²) < 4.78 is 2.19. The number of benzene rings is 1. The minimum absolute atomic E-state index is 1.10. The first-order valence-electron chi connectivity index (χ1n) is 5.07. The molecular weight excluding hydrogens is 184 g/mol. The van der Waals surface area contributed by atoms with Crippen LogP contribution in [0.2, 0.25) is 0 Å². The Morgan fingerprint density at radius 3 is 2.87 bits per heavy atom. The zero-order valence-corrected chi connectivity index (χ0v) is 8.86. The van der Waals surface area contributed by atoms with E-state index in [1.54, 1.807) is 0 Å². The molecule has 0 aliphatic rings. The molecule has 0 aliphatic heterocycles. The molecule has 2 nitrogen and oxygen atoms in total. The summed E-state index contributed by atoms with van der Waals surface area (Å²) in [5.41, 5.74) is 4.81. The SMILES string of the molecule is Cc1ccc2c(c1)c1ncccc1n2C. The fourth-order valence-electron chi connectivity index (χ4n) is 2.14. The summed E-state index contributed by atoms with van der Waals surface area (Å²) >= 11 is 0. The summed E-state index contributed by atoms with van der Waals surface area (Å²) in [6.45, 7) is 2.11. The Balaban J connectivity index is 2.64. The summed E-state index contributed by atoms with van der Waals surface area (Å²) in [6.07, 6.45) is 1.85. The molecule has 74 valence electrons. The first-order valence-corrected chi connectivity index (χ1v) is 5.07. The maximum atomic E-state index is 4.45. The van der Waals surface area contributed by atoms with E-state index >= 15 is 0 Å². The monoisotopic (exact) mass is 196 g/mol. The molecule has 1 aromatic carbocycles. The van der Waals surface area contributed by atoms with E-state index in [2.05, 4.69) is 47.8 Å². The molecule has 0 unspecified atom stereocenters. The molecular formula is C13H12N2. The van der Waals surface area contributed by atoms with Gasteiger partial charge in [-0.3, -0.25) is 4.98 Å². The highest BCUT2D eigenvalue weighted by atomic mass is 15.0. The number of pyridine rings is 1. The topological polar surface area (TPSA) is 17.8 Å². The maximum Gasteiger partial charge on any atom is 0.0959 e. The lowest BCUT2D eigenvalue weighted by Crippen LogP contribution is -1.85. The van der Waals surface area contributed by atoms with Gasteiger partial charge in [0.1, 0.15) is 0 Å². The van der Waals surface area contributed by atoms with Crippen molar-refractivity contribution in [2.45, 2.75) is 6.92 Å². The van der Waals surface area contributed by atoms with Crippen LogP contribution in [0.25, 0.3) is 21.9 Å². The normalized spacial score (nSPS) is 11.3. The summed E-state index contributed by atoms with van der Waals surface area (Å²) in [7, 11) is 2.08. The number of nitrogens with zero attached hydrogens (tertiary/aromatic N) is 2. The van der Waals surface area contributed by atoms with Crippen molar-refractivity contribution in [1.29, 1.82) is 0 Å². The van der Waals surface area contributed by atoms with Gasteiger partial charge in [0.05, 0.1) is 16.6 Å². The summed E-state index contributed by atoms with van der Waals surface area (Å²) in [4.78, 5) is 4.45. The zero-order valence-electron chi connectivity index (χ0n) is 8.86. The highest BCUT2D eigenvalue weighted by Gasteiger charge is 2.07. The predicted molar refractivity (Wildman–Crippen MR) is 63.0 cm³/mol. The van der Waals surface area contributed by atoms with Crippen LogP contribution in [0.1, 0.15) is 5.56 Å². The Hall–Kier alpha value is -1.83. The maximum absolute atomic E-state index is 4.45. The minimum atomic E-state index is 1.10. The van der Waals surface area contributed by atoms with Gasteiger partial charge in [0, 0.05) is 18.6 Å². The van der Waals surface area contributed by atoms with Crippen molar-refractivity contribution >= 4 is 21.9 Å². The highest BCUT2D eigenvalue weighted by Crippen LogP contribution is 2.26.